The number of rotatable bonds is 3. The van der Waals surface area contributed by atoms with E-state index in [0.29, 0.717) is 22.4 Å². The lowest BCUT2D eigenvalue weighted by atomic mass is 9.88. The summed E-state index contributed by atoms with van der Waals surface area (Å²) in [5.74, 6) is 1.16. The second-order valence-electron chi connectivity index (χ2n) is 6.90. The van der Waals surface area contributed by atoms with Crippen molar-refractivity contribution in [2.24, 2.45) is 11.8 Å². The van der Waals surface area contributed by atoms with Crippen molar-refractivity contribution in [2.75, 3.05) is 13.1 Å². The van der Waals surface area contributed by atoms with E-state index in [0.717, 1.165) is 44.3 Å². The van der Waals surface area contributed by atoms with E-state index in [4.69, 9.17) is 16.9 Å². The summed E-state index contributed by atoms with van der Waals surface area (Å²) in [6, 6.07) is 7.76. The molecular formula is C19H23ClN2O. The summed E-state index contributed by atoms with van der Waals surface area (Å²) >= 11 is 6.11. The molecular weight excluding hydrogens is 308 g/mol. The number of hydrogen-bond acceptors (Lipinski definition) is 2. The third-order valence-electron chi connectivity index (χ3n) is 5.23. The molecule has 0 radical (unpaired) electrons. The molecule has 0 spiro atoms. The molecule has 3 nitrogen and oxygen atoms in total. The zero-order valence-corrected chi connectivity index (χ0v) is 14.2. The summed E-state index contributed by atoms with van der Waals surface area (Å²) in [7, 11) is 0. The van der Waals surface area contributed by atoms with Gasteiger partial charge in [-0.15, -0.1) is 0 Å². The van der Waals surface area contributed by atoms with Crippen molar-refractivity contribution in [2.45, 2.75) is 44.9 Å². The van der Waals surface area contributed by atoms with Crippen molar-refractivity contribution in [3.63, 3.8) is 0 Å². The number of carbonyl (C=O) groups excluding carboxylic acids is 1. The smallest absolute Gasteiger partial charge is 0.225 e. The van der Waals surface area contributed by atoms with Crippen LogP contribution in [0.1, 0.15) is 49.7 Å². The van der Waals surface area contributed by atoms with Crippen LogP contribution in [0, 0.1) is 23.2 Å². The molecule has 3 rings (SSSR count). The predicted octanol–water partition coefficient (Wildman–Crippen LogP) is 4.18. The standard InChI is InChI=1S/C19H23ClN2O/c20-18-11-14(6-7-17(18)12-21)10-15-8-9-22(13-15)19(23)16-4-2-1-3-5-16/h6-7,11,15-16H,1-5,8-10,13H2. The first kappa shape index (κ1) is 16.3. The van der Waals surface area contributed by atoms with Gasteiger partial charge < -0.3 is 4.90 Å². The minimum Gasteiger partial charge on any atom is -0.342 e. The van der Waals surface area contributed by atoms with Crippen LogP contribution in [0.4, 0.5) is 0 Å². The lowest BCUT2D eigenvalue weighted by Crippen LogP contribution is -2.35. The van der Waals surface area contributed by atoms with Gasteiger partial charge in [0, 0.05) is 19.0 Å². The van der Waals surface area contributed by atoms with Crippen LogP contribution in [0.3, 0.4) is 0 Å². The monoisotopic (exact) mass is 330 g/mol. The van der Waals surface area contributed by atoms with E-state index in [1.165, 1.54) is 19.3 Å². The zero-order chi connectivity index (χ0) is 16.2. The van der Waals surface area contributed by atoms with Gasteiger partial charge in [0.2, 0.25) is 5.91 Å². The van der Waals surface area contributed by atoms with Gasteiger partial charge >= 0.3 is 0 Å². The van der Waals surface area contributed by atoms with Crippen LogP contribution in [-0.2, 0) is 11.2 Å². The molecule has 122 valence electrons. The average Bonchev–Trinajstić information content (AvgIpc) is 3.03. The summed E-state index contributed by atoms with van der Waals surface area (Å²) in [5, 5.41) is 9.46. The second-order valence-corrected chi connectivity index (χ2v) is 7.31. The number of nitrogens with zero attached hydrogens (tertiary/aromatic N) is 2. The van der Waals surface area contributed by atoms with Gasteiger partial charge in [-0.1, -0.05) is 36.9 Å². The molecule has 23 heavy (non-hydrogen) atoms. The van der Waals surface area contributed by atoms with Gasteiger partial charge in [-0.2, -0.15) is 5.26 Å². The van der Waals surface area contributed by atoms with E-state index in [1.54, 1.807) is 6.07 Å². The molecule has 1 aliphatic heterocycles. The van der Waals surface area contributed by atoms with Crippen molar-refractivity contribution in [1.29, 1.82) is 5.26 Å². The summed E-state index contributed by atoms with van der Waals surface area (Å²) in [5.41, 5.74) is 1.68. The van der Waals surface area contributed by atoms with Crippen LogP contribution in [0.2, 0.25) is 5.02 Å². The molecule has 1 aromatic rings. The quantitative estimate of drug-likeness (QED) is 0.834. The highest BCUT2D eigenvalue weighted by molar-refractivity contribution is 6.31. The SMILES string of the molecule is N#Cc1ccc(CC2CCN(C(=O)C3CCCCC3)C2)cc1Cl. The number of halogens is 1. The van der Waals surface area contributed by atoms with E-state index in [9.17, 15) is 4.79 Å². The molecule has 1 saturated carbocycles. The first-order valence-electron chi connectivity index (χ1n) is 8.64. The van der Waals surface area contributed by atoms with Crippen LogP contribution in [0.25, 0.3) is 0 Å². The molecule has 0 aromatic heterocycles. The Bertz CT molecular complexity index is 616. The number of carbonyl (C=O) groups is 1. The fraction of sp³-hybridized carbons (Fsp3) is 0.579. The molecule has 4 heteroatoms. The van der Waals surface area contributed by atoms with E-state index in [1.807, 2.05) is 12.1 Å². The molecule has 1 saturated heterocycles. The van der Waals surface area contributed by atoms with E-state index in [2.05, 4.69) is 11.0 Å². The van der Waals surface area contributed by atoms with Crippen LogP contribution in [0.5, 0.6) is 0 Å². The summed E-state index contributed by atoms with van der Waals surface area (Å²) in [6.45, 7) is 1.76. The highest BCUT2D eigenvalue weighted by Crippen LogP contribution is 2.29. The fourth-order valence-corrected chi connectivity index (χ4v) is 4.16. The molecule has 1 aliphatic carbocycles. The van der Waals surface area contributed by atoms with Crippen molar-refractivity contribution >= 4 is 17.5 Å². The van der Waals surface area contributed by atoms with Gasteiger partial charge in [-0.05, 0) is 49.3 Å². The van der Waals surface area contributed by atoms with Gasteiger partial charge in [0.15, 0.2) is 0 Å². The van der Waals surface area contributed by atoms with Crippen molar-refractivity contribution in [1.82, 2.24) is 4.90 Å². The first-order chi connectivity index (χ1) is 11.2. The first-order valence-corrected chi connectivity index (χ1v) is 9.02. The number of nitriles is 1. The lowest BCUT2D eigenvalue weighted by molar-refractivity contribution is -0.135. The third kappa shape index (κ3) is 3.87. The van der Waals surface area contributed by atoms with Gasteiger partial charge in [0.25, 0.3) is 0 Å². The van der Waals surface area contributed by atoms with Crippen LogP contribution >= 0.6 is 11.6 Å². The molecule has 2 fully saturated rings. The normalized spacial score (nSPS) is 22.1. The van der Waals surface area contributed by atoms with E-state index >= 15 is 0 Å². The minimum absolute atomic E-state index is 0.270. The van der Waals surface area contributed by atoms with Crippen molar-refractivity contribution in [3.8, 4) is 6.07 Å². The molecule has 0 N–H and O–H groups in total. The molecule has 1 unspecified atom stereocenters. The highest BCUT2D eigenvalue weighted by atomic mass is 35.5. The van der Waals surface area contributed by atoms with E-state index in [-0.39, 0.29) is 5.92 Å². The Morgan fingerprint density at radius 1 is 1.26 bits per heavy atom. The number of likely N-dealkylation sites (tertiary alicyclic amines) is 1. The van der Waals surface area contributed by atoms with Gasteiger partial charge in [0.1, 0.15) is 6.07 Å². The fourth-order valence-electron chi connectivity index (χ4n) is 3.92. The number of hydrogen-bond donors (Lipinski definition) is 0. The Kier molecular flexibility index (Phi) is 5.23. The Hall–Kier alpha value is -1.53. The maximum absolute atomic E-state index is 12.6. The lowest BCUT2D eigenvalue weighted by Gasteiger charge is -2.26. The molecule has 1 aromatic carbocycles. The molecule has 0 bridgehead atoms. The Morgan fingerprint density at radius 2 is 2.04 bits per heavy atom. The summed E-state index contributed by atoms with van der Waals surface area (Å²) < 4.78 is 0. The Balaban J connectivity index is 1.56. The third-order valence-corrected chi connectivity index (χ3v) is 5.54. The maximum atomic E-state index is 12.6. The van der Waals surface area contributed by atoms with Gasteiger partial charge in [0.05, 0.1) is 10.6 Å². The maximum Gasteiger partial charge on any atom is 0.225 e. The topological polar surface area (TPSA) is 44.1 Å². The molecule has 1 atom stereocenters. The van der Waals surface area contributed by atoms with Crippen LogP contribution < -0.4 is 0 Å². The largest absolute Gasteiger partial charge is 0.342 e. The summed E-state index contributed by atoms with van der Waals surface area (Å²) in [4.78, 5) is 14.7. The van der Waals surface area contributed by atoms with E-state index < -0.39 is 0 Å². The Labute approximate surface area is 143 Å². The Morgan fingerprint density at radius 3 is 2.74 bits per heavy atom. The highest BCUT2D eigenvalue weighted by Gasteiger charge is 2.31. The number of benzene rings is 1. The molecule has 1 heterocycles. The van der Waals surface area contributed by atoms with Crippen molar-refractivity contribution < 1.29 is 4.79 Å². The number of amides is 1. The second kappa shape index (κ2) is 7.36. The molecule has 2 aliphatic rings. The average molecular weight is 331 g/mol. The zero-order valence-electron chi connectivity index (χ0n) is 13.4. The van der Waals surface area contributed by atoms with Crippen LogP contribution in [-0.4, -0.2) is 23.9 Å². The predicted molar refractivity (Wildman–Crippen MR) is 91.1 cm³/mol. The van der Waals surface area contributed by atoms with Crippen LogP contribution in [0.15, 0.2) is 18.2 Å². The molecule has 1 amide bonds. The minimum atomic E-state index is 0.270. The summed E-state index contributed by atoms with van der Waals surface area (Å²) in [6.07, 6.45) is 7.84. The van der Waals surface area contributed by atoms with Crippen molar-refractivity contribution in [3.05, 3.63) is 34.3 Å². The van der Waals surface area contributed by atoms with Gasteiger partial charge in [-0.25, -0.2) is 0 Å². The van der Waals surface area contributed by atoms with Gasteiger partial charge in [-0.3, -0.25) is 4.79 Å².